The SMILES string of the molecule is Cn1nc(I)c(Cc2cn(CC3CC3)nc2Cl)n1. The van der Waals surface area contributed by atoms with Gasteiger partial charge in [0.1, 0.15) is 9.39 Å². The molecule has 0 spiro atoms. The van der Waals surface area contributed by atoms with Crippen molar-refractivity contribution < 1.29 is 0 Å². The lowest BCUT2D eigenvalue weighted by Gasteiger charge is -1.96. The van der Waals surface area contributed by atoms with Crippen LogP contribution in [-0.2, 0) is 20.0 Å². The van der Waals surface area contributed by atoms with E-state index >= 15 is 0 Å². The molecule has 96 valence electrons. The Morgan fingerprint density at radius 1 is 1.39 bits per heavy atom. The van der Waals surface area contributed by atoms with Crippen molar-refractivity contribution in [2.45, 2.75) is 25.8 Å². The first-order valence-electron chi connectivity index (χ1n) is 5.89. The van der Waals surface area contributed by atoms with E-state index in [-0.39, 0.29) is 0 Å². The molecule has 0 bridgehead atoms. The molecule has 1 fully saturated rings. The van der Waals surface area contributed by atoms with Crippen molar-refractivity contribution in [1.29, 1.82) is 0 Å². The van der Waals surface area contributed by atoms with E-state index in [1.807, 2.05) is 17.9 Å². The van der Waals surface area contributed by atoms with Gasteiger partial charge in [0.05, 0.1) is 0 Å². The summed E-state index contributed by atoms with van der Waals surface area (Å²) in [5, 5.41) is 13.5. The van der Waals surface area contributed by atoms with Crippen LogP contribution in [0.4, 0.5) is 0 Å². The number of halogens is 2. The van der Waals surface area contributed by atoms with Gasteiger partial charge in [-0.25, -0.2) is 0 Å². The highest BCUT2D eigenvalue weighted by molar-refractivity contribution is 14.1. The molecule has 0 atom stereocenters. The molecule has 0 amide bonds. The molecular formula is C11H13ClIN5. The van der Waals surface area contributed by atoms with Gasteiger partial charge in [-0.3, -0.25) is 4.68 Å². The van der Waals surface area contributed by atoms with E-state index in [4.69, 9.17) is 11.6 Å². The fraction of sp³-hybridized carbons (Fsp3) is 0.545. The van der Waals surface area contributed by atoms with E-state index < -0.39 is 0 Å². The number of aryl methyl sites for hydroxylation is 1. The van der Waals surface area contributed by atoms with Gasteiger partial charge in [-0.1, -0.05) is 11.6 Å². The van der Waals surface area contributed by atoms with E-state index in [1.54, 1.807) is 4.80 Å². The van der Waals surface area contributed by atoms with Crippen LogP contribution in [0.5, 0.6) is 0 Å². The first kappa shape index (κ1) is 12.4. The minimum atomic E-state index is 0.581. The van der Waals surface area contributed by atoms with Gasteiger partial charge in [0.25, 0.3) is 0 Å². The van der Waals surface area contributed by atoms with Crippen molar-refractivity contribution >= 4 is 34.2 Å². The average molecular weight is 378 g/mol. The van der Waals surface area contributed by atoms with Crippen molar-refractivity contribution in [3.8, 4) is 0 Å². The van der Waals surface area contributed by atoms with Crippen LogP contribution in [0.25, 0.3) is 0 Å². The van der Waals surface area contributed by atoms with Crippen LogP contribution < -0.4 is 0 Å². The molecule has 1 aliphatic carbocycles. The highest BCUT2D eigenvalue weighted by atomic mass is 127. The van der Waals surface area contributed by atoms with Crippen LogP contribution >= 0.6 is 34.2 Å². The van der Waals surface area contributed by atoms with Gasteiger partial charge in [0.15, 0.2) is 5.15 Å². The van der Waals surface area contributed by atoms with Gasteiger partial charge < -0.3 is 0 Å². The number of aromatic nitrogens is 5. The highest BCUT2D eigenvalue weighted by Crippen LogP contribution is 2.31. The maximum absolute atomic E-state index is 6.17. The Bertz CT molecular complexity index is 572. The molecule has 0 aromatic carbocycles. The molecule has 1 saturated carbocycles. The van der Waals surface area contributed by atoms with Gasteiger partial charge in [-0.2, -0.15) is 15.0 Å². The molecule has 0 radical (unpaired) electrons. The zero-order valence-electron chi connectivity index (χ0n) is 9.98. The molecule has 5 nitrogen and oxygen atoms in total. The monoisotopic (exact) mass is 377 g/mol. The predicted molar refractivity (Wildman–Crippen MR) is 76.5 cm³/mol. The molecule has 0 unspecified atom stereocenters. The number of hydrogen-bond acceptors (Lipinski definition) is 3. The minimum Gasteiger partial charge on any atom is -0.271 e. The second-order valence-electron chi connectivity index (χ2n) is 4.71. The Morgan fingerprint density at radius 3 is 2.78 bits per heavy atom. The third-order valence-electron chi connectivity index (χ3n) is 3.02. The molecule has 18 heavy (non-hydrogen) atoms. The zero-order valence-corrected chi connectivity index (χ0v) is 12.9. The van der Waals surface area contributed by atoms with E-state index in [0.717, 1.165) is 27.4 Å². The second-order valence-corrected chi connectivity index (χ2v) is 6.09. The number of nitrogens with zero attached hydrogens (tertiary/aromatic N) is 5. The first-order valence-corrected chi connectivity index (χ1v) is 7.35. The molecule has 2 heterocycles. The largest absolute Gasteiger partial charge is 0.271 e. The highest BCUT2D eigenvalue weighted by Gasteiger charge is 2.23. The molecule has 7 heteroatoms. The Labute approximate surface area is 124 Å². The summed E-state index contributed by atoms with van der Waals surface area (Å²) in [6.07, 6.45) is 5.35. The van der Waals surface area contributed by atoms with Crippen LogP contribution in [0.1, 0.15) is 24.1 Å². The quantitative estimate of drug-likeness (QED) is 0.768. The fourth-order valence-corrected chi connectivity index (χ4v) is 2.75. The summed E-state index contributed by atoms with van der Waals surface area (Å²) in [6, 6.07) is 0. The van der Waals surface area contributed by atoms with Crippen molar-refractivity contribution in [3.63, 3.8) is 0 Å². The third kappa shape index (κ3) is 2.69. The van der Waals surface area contributed by atoms with Gasteiger partial charge in [0.2, 0.25) is 0 Å². The van der Waals surface area contributed by atoms with Crippen molar-refractivity contribution in [2.24, 2.45) is 13.0 Å². The Hall–Kier alpha value is -0.630. The molecule has 3 rings (SSSR count). The van der Waals surface area contributed by atoms with Crippen molar-refractivity contribution in [1.82, 2.24) is 24.8 Å². The second kappa shape index (κ2) is 4.80. The lowest BCUT2D eigenvalue weighted by atomic mass is 10.2. The molecule has 0 aliphatic heterocycles. The first-order chi connectivity index (χ1) is 8.61. The molecule has 1 aliphatic rings. The summed E-state index contributed by atoms with van der Waals surface area (Å²) in [4.78, 5) is 1.58. The van der Waals surface area contributed by atoms with Crippen LogP contribution in [0.2, 0.25) is 5.15 Å². The Morgan fingerprint density at radius 2 is 2.17 bits per heavy atom. The van der Waals surface area contributed by atoms with Crippen LogP contribution in [-0.4, -0.2) is 24.8 Å². The minimum absolute atomic E-state index is 0.581. The summed E-state index contributed by atoms with van der Waals surface area (Å²) in [5.74, 6) is 0.797. The summed E-state index contributed by atoms with van der Waals surface area (Å²) in [5.41, 5.74) is 1.97. The third-order valence-corrected chi connectivity index (χ3v) is 4.18. The van der Waals surface area contributed by atoms with E-state index in [1.165, 1.54) is 12.8 Å². The number of rotatable bonds is 4. The standard InChI is InChI=1S/C11H13ClIN5/c1-17-14-9(11(13)16-17)4-8-6-18(15-10(8)12)5-7-2-3-7/h6-7H,2-5H2,1H3. The van der Waals surface area contributed by atoms with Gasteiger partial charge in [-0.05, 0) is 41.4 Å². The van der Waals surface area contributed by atoms with Crippen molar-refractivity contribution in [3.05, 3.63) is 26.3 Å². The van der Waals surface area contributed by atoms with E-state index in [2.05, 4.69) is 37.9 Å². The zero-order chi connectivity index (χ0) is 12.7. The molecule has 2 aromatic rings. The average Bonchev–Trinajstić information content (AvgIpc) is 2.95. The van der Waals surface area contributed by atoms with Gasteiger partial charge >= 0.3 is 0 Å². The lowest BCUT2D eigenvalue weighted by Crippen LogP contribution is -1.99. The molecule has 2 aromatic heterocycles. The van der Waals surface area contributed by atoms with Crippen LogP contribution in [0, 0.1) is 9.62 Å². The summed E-state index contributed by atoms with van der Waals surface area (Å²) >= 11 is 8.36. The summed E-state index contributed by atoms with van der Waals surface area (Å²) in [7, 11) is 1.82. The molecule has 0 saturated heterocycles. The summed E-state index contributed by atoms with van der Waals surface area (Å²) < 4.78 is 2.87. The lowest BCUT2D eigenvalue weighted by molar-refractivity contribution is 0.563. The van der Waals surface area contributed by atoms with E-state index in [0.29, 0.717) is 11.6 Å². The Kier molecular flexibility index (Phi) is 3.31. The van der Waals surface area contributed by atoms with Crippen LogP contribution in [0.15, 0.2) is 6.20 Å². The maximum atomic E-state index is 6.17. The number of hydrogen-bond donors (Lipinski definition) is 0. The maximum Gasteiger partial charge on any atom is 0.154 e. The van der Waals surface area contributed by atoms with Crippen LogP contribution in [0.3, 0.4) is 0 Å². The molecule has 0 N–H and O–H groups in total. The fourth-order valence-electron chi connectivity index (χ4n) is 1.93. The summed E-state index contributed by atoms with van der Waals surface area (Å²) in [6.45, 7) is 0.983. The Balaban J connectivity index is 1.78. The van der Waals surface area contributed by atoms with E-state index in [9.17, 15) is 0 Å². The van der Waals surface area contributed by atoms with Gasteiger partial charge in [0, 0.05) is 31.8 Å². The smallest absolute Gasteiger partial charge is 0.154 e. The van der Waals surface area contributed by atoms with Gasteiger partial charge in [-0.15, -0.1) is 5.10 Å². The topological polar surface area (TPSA) is 48.5 Å². The molecular weight excluding hydrogens is 365 g/mol. The predicted octanol–water partition coefficient (Wildman–Crippen LogP) is 2.27. The van der Waals surface area contributed by atoms with Crippen molar-refractivity contribution in [2.75, 3.05) is 0 Å². The normalized spacial score (nSPS) is 15.3.